The van der Waals surface area contributed by atoms with E-state index in [2.05, 4.69) is 56.7 Å². The van der Waals surface area contributed by atoms with Gasteiger partial charge in [0, 0.05) is 18.4 Å². The van der Waals surface area contributed by atoms with Crippen LogP contribution >= 0.6 is 0 Å². The van der Waals surface area contributed by atoms with Gasteiger partial charge in [0.1, 0.15) is 0 Å². The topological polar surface area (TPSA) is 17.8 Å². The minimum atomic E-state index is 0.476. The van der Waals surface area contributed by atoms with Crippen LogP contribution in [0.3, 0.4) is 0 Å². The van der Waals surface area contributed by atoms with Gasteiger partial charge in [0.15, 0.2) is 0 Å². The lowest BCUT2D eigenvalue weighted by molar-refractivity contribution is -0.135. The molecule has 2 nitrogen and oxygen atoms in total. The highest BCUT2D eigenvalue weighted by Gasteiger charge is 2.62. The average molecular weight is 439 g/mol. The number of aromatic nitrogens is 2. The average Bonchev–Trinajstić information content (AvgIpc) is 3.40. The summed E-state index contributed by atoms with van der Waals surface area (Å²) >= 11 is 0. The quantitative estimate of drug-likeness (QED) is 0.435. The molecular formula is C30H50N2. The van der Waals surface area contributed by atoms with Crippen molar-refractivity contribution in [2.45, 2.75) is 118 Å². The summed E-state index contributed by atoms with van der Waals surface area (Å²) in [5.41, 5.74) is 1.09. The number of hydrogen-bond acceptors (Lipinski definition) is 1. The summed E-state index contributed by atoms with van der Waals surface area (Å²) in [4.78, 5) is 4.46. The van der Waals surface area contributed by atoms with E-state index in [4.69, 9.17) is 0 Å². The Morgan fingerprint density at radius 2 is 1.78 bits per heavy atom. The second-order valence-electron chi connectivity index (χ2n) is 13.5. The molecule has 0 spiro atoms. The van der Waals surface area contributed by atoms with Gasteiger partial charge in [-0.25, -0.2) is 4.98 Å². The Kier molecular flexibility index (Phi) is 6.30. The summed E-state index contributed by atoms with van der Waals surface area (Å²) in [5, 5.41) is 0. The molecule has 32 heavy (non-hydrogen) atoms. The van der Waals surface area contributed by atoms with E-state index in [0.29, 0.717) is 16.9 Å². The number of fused-ring (bicyclic) bond motifs is 5. The Labute approximate surface area is 198 Å². The van der Waals surface area contributed by atoms with Crippen LogP contribution in [0.2, 0.25) is 0 Å². The molecule has 4 aliphatic rings. The molecule has 0 radical (unpaired) electrons. The lowest BCUT2D eigenvalue weighted by Crippen LogP contribution is -2.56. The van der Waals surface area contributed by atoms with Gasteiger partial charge in [-0.15, -0.1) is 0 Å². The first-order valence-electron chi connectivity index (χ1n) is 14.3. The molecule has 180 valence electrons. The molecule has 1 heterocycles. The largest absolute Gasteiger partial charge is 0.334 e. The molecule has 1 aromatic heterocycles. The maximum atomic E-state index is 4.46. The molecule has 1 aromatic rings. The van der Waals surface area contributed by atoms with Crippen LogP contribution in [0.15, 0.2) is 18.7 Å². The van der Waals surface area contributed by atoms with Crippen molar-refractivity contribution >= 4 is 0 Å². The Morgan fingerprint density at radius 3 is 2.53 bits per heavy atom. The van der Waals surface area contributed by atoms with Crippen molar-refractivity contribution in [1.82, 2.24) is 9.55 Å². The van der Waals surface area contributed by atoms with E-state index in [-0.39, 0.29) is 0 Å². The summed E-state index contributed by atoms with van der Waals surface area (Å²) in [5.74, 6) is 6.58. The highest BCUT2D eigenvalue weighted by molar-refractivity contribution is 5.12. The zero-order valence-electron chi connectivity index (χ0n) is 21.7. The van der Waals surface area contributed by atoms with E-state index in [9.17, 15) is 0 Å². The van der Waals surface area contributed by atoms with Crippen molar-refractivity contribution in [2.75, 3.05) is 0 Å². The second-order valence-corrected chi connectivity index (χ2v) is 13.5. The molecule has 0 amide bonds. The fraction of sp³-hybridized carbons (Fsp3) is 0.900. The molecule has 2 heteroatoms. The molecular weight excluding hydrogens is 388 g/mol. The standard InChI is InChI=1S/C30H50N2/c1-21(2)8-6-9-22(3)25-14-15-26-24-13-12-23-10-7-11-28(32-19-18-31-20-32)30(23,5)27(24)16-17-29(25,26)4/h18-28H,6-17H2,1-5H3/t22-,23?,24+,25-,26+,27+,28?,29-,30+/m1/s1. The van der Waals surface area contributed by atoms with Crippen molar-refractivity contribution < 1.29 is 0 Å². The minimum Gasteiger partial charge on any atom is -0.334 e. The van der Waals surface area contributed by atoms with Gasteiger partial charge in [-0.3, -0.25) is 0 Å². The van der Waals surface area contributed by atoms with Gasteiger partial charge in [-0.2, -0.15) is 0 Å². The van der Waals surface area contributed by atoms with Crippen LogP contribution in [0.5, 0.6) is 0 Å². The zero-order chi connectivity index (χ0) is 22.5. The Hall–Kier alpha value is -0.790. The summed E-state index contributed by atoms with van der Waals surface area (Å²) in [7, 11) is 0. The molecule has 0 bridgehead atoms. The summed E-state index contributed by atoms with van der Waals surface area (Å²) in [6.45, 7) is 12.9. The third-order valence-corrected chi connectivity index (χ3v) is 11.8. The normalized spacial score (nSPS) is 44.7. The molecule has 4 fully saturated rings. The highest BCUT2D eigenvalue weighted by Crippen LogP contribution is 2.69. The molecule has 0 N–H and O–H groups in total. The maximum Gasteiger partial charge on any atom is 0.0948 e. The third kappa shape index (κ3) is 3.61. The molecule has 4 saturated carbocycles. The minimum absolute atomic E-state index is 0.476. The number of nitrogens with zero attached hydrogens (tertiary/aromatic N) is 2. The number of rotatable bonds is 6. The smallest absolute Gasteiger partial charge is 0.0948 e. The summed E-state index contributed by atoms with van der Waals surface area (Å²) in [6.07, 6.45) is 24.0. The van der Waals surface area contributed by atoms with Crippen LogP contribution in [-0.4, -0.2) is 9.55 Å². The van der Waals surface area contributed by atoms with E-state index >= 15 is 0 Å². The van der Waals surface area contributed by atoms with E-state index in [1.54, 1.807) is 0 Å². The molecule has 4 aliphatic carbocycles. The number of hydrogen-bond donors (Lipinski definition) is 0. The van der Waals surface area contributed by atoms with Crippen molar-refractivity contribution in [3.63, 3.8) is 0 Å². The van der Waals surface area contributed by atoms with Crippen molar-refractivity contribution in [3.8, 4) is 0 Å². The van der Waals surface area contributed by atoms with Crippen molar-refractivity contribution in [3.05, 3.63) is 18.7 Å². The summed E-state index contributed by atoms with van der Waals surface area (Å²) < 4.78 is 2.51. The molecule has 2 unspecified atom stereocenters. The first kappa shape index (κ1) is 23.0. The van der Waals surface area contributed by atoms with E-state index in [0.717, 1.165) is 41.4 Å². The monoisotopic (exact) mass is 438 g/mol. The first-order valence-corrected chi connectivity index (χ1v) is 14.3. The van der Waals surface area contributed by atoms with Crippen molar-refractivity contribution in [1.29, 1.82) is 0 Å². The SMILES string of the molecule is CC(C)CCC[C@@H](C)[C@H]1CC[C@H]2[C@@H]3CCC4CCCC(n5ccnc5)[C@]4(C)[C@H]3CC[C@]12C. The molecule has 5 rings (SSSR count). The Bertz CT molecular complexity index is 753. The second kappa shape index (κ2) is 8.77. The van der Waals surface area contributed by atoms with E-state index in [1.165, 1.54) is 77.0 Å². The lowest BCUT2D eigenvalue weighted by atomic mass is 9.43. The predicted octanol–water partition coefficient (Wildman–Crippen LogP) is 8.55. The predicted molar refractivity (Wildman–Crippen MR) is 134 cm³/mol. The first-order chi connectivity index (χ1) is 15.4. The fourth-order valence-corrected chi connectivity index (χ4v) is 10.3. The lowest BCUT2D eigenvalue weighted by Gasteiger charge is -2.63. The van der Waals surface area contributed by atoms with Gasteiger partial charge >= 0.3 is 0 Å². The van der Waals surface area contributed by atoms with Crippen LogP contribution in [-0.2, 0) is 0 Å². The summed E-state index contributed by atoms with van der Waals surface area (Å²) in [6, 6.07) is 0.674. The Balaban J connectivity index is 1.36. The van der Waals surface area contributed by atoms with Crippen LogP contribution in [0.1, 0.15) is 118 Å². The molecule has 0 saturated heterocycles. The van der Waals surface area contributed by atoms with Crippen LogP contribution in [0, 0.1) is 52.3 Å². The highest BCUT2D eigenvalue weighted by atomic mass is 15.1. The van der Waals surface area contributed by atoms with Gasteiger partial charge in [-0.1, -0.05) is 60.3 Å². The zero-order valence-corrected chi connectivity index (χ0v) is 21.7. The van der Waals surface area contributed by atoms with Crippen LogP contribution < -0.4 is 0 Å². The van der Waals surface area contributed by atoms with E-state index in [1.807, 2.05) is 6.20 Å². The Morgan fingerprint density at radius 1 is 0.938 bits per heavy atom. The van der Waals surface area contributed by atoms with Crippen molar-refractivity contribution in [2.24, 2.45) is 52.3 Å². The van der Waals surface area contributed by atoms with Crippen LogP contribution in [0.4, 0.5) is 0 Å². The van der Waals surface area contributed by atoms with E-state index < -0.39 is 0 Å². The van der Waals surface area contributed by atoms with Gasteiger partial charge in [-0.05, 0) is 104 Å². The molecule has 0 aromatic carbocycles. The number of imidazole rings is 1. The van der Waals surface area contributed by atoms with Crippen LogP contribution in [0.25, 0.3) is 0 Å². The van der Waals surface area contributed by atoms with Gasteiger partial charge in [0.05, 0.1) is 6.33 Å². The maximum absolute atomic E-state index is 4.46. The third-order valence-electron chi connectivity index (χ3n) is 11.8. The van der Waals surface area contributed by atoms with Gasteiger partial charge < -0.3 is 4.57 Å². The fourth-order valence-electron chi connectivity index (χ4n) is 10.3. The molecule has 0 aliphatic heterocycles. The molecule has 9 atom stereocenters. The van der Waals surface area contributed by atoms with Gasteiger partial charge in [0.2, 0.25) is 0 Å². The van der Waals surface area contributed by atoms with Gasteiger partial charge in [0.25, 0.3) is 0 Å².